The number of amides is 1. The molecule has 0 saturated heterocycles. The molecule has 0 aliphatic heterocycles. The number of nitrogens with one attached hydrogen (secondary N) is 1. The molecule has 4 nitrogen and oxygen atoms in total. The monoisotopic (exact) mass is 201 g/mol. The van der Waals surface area contributed by atoms with Crippen LogP contribution < -0.4 is 5.32 Å². The minimum atomic E-state index is -0.160. The van der Waals surface area contributed by atoms with Gasteiger partial charge in [-0.3, -0.25) is 4.79 Å². The molecular formula is C10H19NO3. The molecule has 0 atom stereocenters. The molecule has 0 aromatic rings. The summed E-state index contributed by atoms with van der Waals surface area (Å²) in [5.41, 5.74) is 0. The molecule has 0 rings (SSSR count). The van der Waals surface area contributed by atoms with Gasteiger partial charge in [0.15, 0.2) is 0 Å². The lowest BCUT2D eigenvalue weighted by atomic mass is 10.2. The number of carbonyl (C=O) groups is 1. The molecule has 0 aromatic heterocycles. The fourth-order valence-electron chi connectivity index (χ4n) is 0.793. The highest BCUT2D eigenvalue weighted by Crippen LogP contribution is 1.91. The van der Waals surface area contributed by atoms with Gasteiger partial charge in [-0.1, -0.05) is 26.0 Å². The number of ether oxygens (including phenoxy) is 1. The van der Waals surface area contributed by atoms with Crippen LogP contribution in [0.5, 0.6) is 0 Å². The van der Waals surface area contributed by atoms with E-state index in [0.717, 1.165) is 0 Å². The van der Waals surface area contributed by atoms with Crippen molar-refractivity contribution in [1.29, 1.82) is 0 Å². The van der Waals surface area contributed by atoms with Crippen molar-refractivity contribution >= 4 is 5.91 Å². The van der Waals surface area contributed by atoms with Gasteiger partial charge in [0.2, 0.25) is 5.91 Å². The minimum Gasteiger partial charge on any atom is -0.394 e. The number of aliphatic hydroxyl groups is 1. The summed E-state index contributed by atoms with van der Waals surface area (Å²) >= 11 is 0. The number of carbonyl (C=O) groups excluding carboxylic acids is 1. The van der Waals surface area contributed by atoms with Crippen LogP contribution in [0, 0.1) is 5.92 Å². The quantitative estimate of drug-likeness (QED) is 0.461. The predicted octanol–water partition coefficient (Wildman–Crippen LogP) is 0.324. The number of hydrogen-bond donors (Lipinski definition) is 2. The number of allylic oxidation sites excluding steroid dienone is 1. The van der Waals surface area contributed by atoms with Crippen molar-refractivity contribution in [2.75, 3.05) is 26.4 Å². The zero-order valence-corrected chi connectivity index (χ0v) is 8.82. The molecule has 82 valence electrons. The molecular weight excluding hydrogens is 182 g/mol. The second-order valence-electron chi connectivity index (χ2n) is 3.25. The lowest BCUT2D eigenvalue weighted by Crippen LogP contribution is -2.28. The Bertz CT molecular complexity index is 178. The molecule has 0 bridgehead atoms. The van der Waals surface area contributed by atoms with E-state index in [2.05, 4.69) is 19.2 Å². The summed E-state index contributed by atoms with van der Waals surface area (Å²) in [7, 11) is 0. The summed E-state index contributed by atoms with van der Waals surface area (Å²) < 4.78 is 4.84. The summed E-state index contributed by atoms with van der Waals surface area (Å²) in [5, 5.41) is 11.1. The molecule has 0 spiro atoms. The predicted molar refractivity (Wildman–Crippen MR) is 54.9 cm³/mol. The Morgan fingerprint density at radius 3 is 2.86 bits per heavy atom. The topological polar surface area (TPSA) is 58.6 Å². The van der Waals surface area contributed by atoms with Gasteiger partial charge in [0, 0.05) is 6.54 Å². The van der Waals surface area contributed by atoms with Crippen molar-refractivity contribution in [2.45, 2.75) is 13.8 Å². The van der Waals surface area contributed by atoms with Crippen LogP contribution in [0.25, 0.3) is 0 Å². The van der Waals surface area contributed by atoms with Crippen LogP contribution in [0.1, 0.15) is 13.8 Å². The van der Waals surface area contributed by atoms with Crippen LogP contribution >= 0.6 is 0 Å². The maximum absolute atomic E-state index is 11.0. The van der Waals surface area contributed by atoms with Crippen LogP contribution in [0.3, 0.4) is 0 Å². The van der Waals surface area contributed by atoms with Crippen molar-refractivity contribution in [2.24, 2.45) is 5.92 Å². The second-order valence-corrected chi connectivity index (χ2v) is 3.25. The van der Waals surface area contributed by atoms with Crippen molar-refractivity contribution in [1.82, 2.24) is 5.32 Å². The second kappa shape index (κ2) is 8.72. The highest BCUT2D eigenvalue weighted by atomic mass is 16.5. The molecule has 0 aromatic carbocycles. The van der Waals surface area contributed by atoms with E-state index in [0.29, 0.717) is 12.5 Å². The van der Waals surface area contributed by atoms with E-state index in [-0.39, 0.29) is 25.7 Å². The smallest absolute Gasteiger partial charge is 0.246 e. The largest absolute Gasteiger partial charge is 0.394 e. The average Bonchev–Trinajstić information content (AvgIpc) is 2.13. The van der Waals surface area contributed by atoms with Gasteiger partial charge in [-0.05, 0) is 5.92 Å². The van der Waals surface area contributed by atoms with Gasteiger partial charge in [0.05, 0.1) is 13.2 Å². The SMILES string of the molecule is CC(C)/C=C/CNC(=O)COCCO. The Morgan fingerprint density at radius 2 is 2.29 bits per heavy atom. The molecule has 1 amide bonds. The maximum Gasteiger partial charge on any atom is 0.246 e. The van der Waals surface area contributed by atoms with Gasteiger partial charge in [-0.15, -0.1) is 0 Å². The zero-order chi connectivity index (χ0) is 10.8. The molecule has 4 heteroatoms. The summed E-state index contributed by atoms with van der Waals surface area (Å²) in [5.74, 6) is 0.337. The van der Waals surface area contributed by atoms with Gasteiger partial charge >= 0.3 is 0 Å². The molecule has 0 saturated carbocycles. The third kappa shape index (κ3) is 9.22. The van der Waals surface area contributed by atoms with Gasteiger partial charge in [-0.2, -0.15) is 0 Å². The Hall–Kier alpha value is -0.870. The van der Waals surface area contributed by atoms with E-state index in [1.165, 1.54) is 0 Å². The van der Waals surface area contributed by atoms with Crippen molar-refractivity contribution < 1.29 is 14.6 Å². The number of rotatable bonds is 7. The van der Waals surface area contributed by atoms with E-state index in [1.807, 2.05) is 12.2 Å². The number of aliphatic hydroxyl groups excluding tert-OH is 1. The molecule has 0 radical (unpaired) electrons. The van der Waals surface area contributed by atoms with Crippen LogP contribution in [-0.4, -0.2) is 37.4 Å². The molecule has 2 N–H and O–H groups in total. The van der Waals surface area contributed by atoms with Gasteiger partial charge < -0.3 is 15.2 Å². The molecule has 0 aliphatic rings. The van der Waals surface area contributed by atoms with Crippen molar-refractivity contribution in [3.05, 3.63) is 12.2 Å². The van der Waals surface area contributed by atoms with Gasteiger partial charge in [-0.25, -0.2) is 0 Å². The van der Waals surface area contributed by atoms with Gasteiger partial charge in [0.1, 0.15) is 6.61 Å². The summed E-state index contributed by atoms with van der Waals surface area (Å²) in [6, 6.07) is 0. The molecule has 14 heavy (non-hydrogen) atoms. The fourth-order valence-corrected chi connectivity index (χ4v) is 0.793. The van der Waals surface area contributed by atoms with E-state index in [9.17, 15) is 4.79 Å². The van der Waals surface area contributed by atoms with E-state index >= 15 is 0 Å². The first-order valence-corrected chi connectivity index (χ1v) is 4.78. The first-order chi connectivity index (χ1) is 6.66. The molecule has 0 unspecified atom stereocenters. The van der Waals surface area contributed by atoms with Crippen molar-refractivity contribution in [3.8, 4) is 0 Å². The molecule has 0 aliphatic carbocycles. The van der Waals surface area contributed by atoms with E-state index in [4.69, 9.17) is 9.84 Å². The lowest BCUT2D eigenvalue weighted by Gasteiger charge is -2.02. The zero-order valence-electron chi connectivity index (χ0n) is 8.82. The van der Waals surface area contributed by atoms with Crippen LogP contribution in [0.15, 0.2) is 12.2 Å². The minimum absolute atomic E-state index is 0.01000. The Balaban J connectivity index is 3.35. The van der Waals surface area contributed by atoms with Crippen LogP contribution in [-0.2, 0) is 9.53 Å². The highest BCUT2D eigenvalue weighted by Gasteiger charge is 1.97. The average molecular weight is 201 g/mol. The fraction of sp³-hybridized carbons (Fsp3) is 0.700. The first kappa shape index (κ1) is 13.1. The standard InChI is InChI=1S/C10H19NO3/c1-9(2)4-3-5-11-10(13)8-14-7-6-12/h3-4,9,12H,5-8H2,1-2H3,(H,11,13)/b4-3+. The van der Waals surface area contributed by atoms with E-state index < -0.39 is 0 Å². The molecule has 0 fully saturated rings. The third-order valence-corrected chi connectivity index (χ3v) is 1.41. The van der Waals surface area contributed by atoms with Crippen molar-refractivity contribution in [3.63, 3.8) is 0 Å². The summed E-state index contributed by atoms with van der Waals surface area (Å²) in [6.45, 7) is 4.83. The summed E-state index contributed by atoms with van der Waals surface area (Å²) in [4.78, 5) is 11.0. The number of hydrogen-bond acceptors (Lipinski definition) is 3. The first-order valence-electron chi connectivity index (χ1n) is 4.78. The molecule has 0 heterocycles. The lowest BCUT2D eigenvalue weighted by molar-refractivity contribution is -0.125. The highest BCUT2D eigenvalue weighted by molar-refractivity contribution is 5.77. The Morgan fingerprint density at radius 1 is 1.57 bits per heavy atom. The third-order valence-electron chi connectivity index (χ3n) is 1.41. The summed E-state index contributed by atoms with van der Waals surface area (Å²) in [6.07, 6.45) is 3.93. The van der Waals surface area contributed by atoms with Crippen LogP contribution in [0.4, 0.5) is 0 Å². The van der Waals surface area contributed by atoms with Gasteiger partial charge in [0.25, 0.3) is 0 Å². The Kier molecular flexibility index (Phi) is 8.17. The van der Waals surface area contributed by atoms with Crippen LogP contribution in [0.2, 0.25) is 0 Å². The Labute approximate surface area is 85.0 Å². The maximum atomic E-state index is 11.0. The normalized spacial score (nSPS) is 11.1. The van der Waals surface area contributed by atoms with E-state index in [1.54, 1.807) is 0 Å².